The van der Waals surface area contributed by atoms with Crippen LogP contribution < -0.4 is 16.4 Å². The molecule has 4 amide bonds. The fraction of sp³-hybridized carbons (Fsp3) is 0.429. The van der Waals surface area contributed by atoms with E-state index in [1.54, 1.807) is 58.0 Å². The average Bonchev–Trinajstić information content (AvgIpc) is 2.81. The van der Waals surface area contributed by atoms with E-state index in [2.05, 4.69) is 10.6 Å². The van der Waals surface area contributed by atoms with Gasteiger partial charge in [-0.25, -0.2) is 4.79 Å². The van der Waals surface area contributed by atoms with E-state index in [0.717, 1.165) is 0 Å². The van der Waals surface area contributed by atoms with Crippen LogP contribution in [0.3, 0.4) is 0 Å². The van der Waals surface area contributed by atoms with E-state index in [1.807, 2.05) is 6.92 Å². The van der Waals surface area contributed by atoms with Crippen LogP contribution in [-0.4, -0.2) is 52.0 Å². The first-order valence-electron chi connectivity index (χ1n) is 12.7. The number of carbonyl (C=O) groups excluding carboxylic acids is 4. The summed E-state index contributed by atoms with van der Waals surface area (Å²) < 4.78 is 5.27. The number of phenols is 1. The maximum absolute atomic E-state index is 14.0. The number of nitrogens with zero attached hydrogens (tertiary/aromatic N) is 1. The van der Waals surface area contributed by atoms with Crippen molar-refractivity contribution in [2.24, 2.45) is 5.73 Å². The SMILES string of the molecule is CCCCN(C(=O)C(CC(N)=O)NC(=O)OC(C)(C)C)C(C(=O)Nc1c(C)cccc1Cl)c1cccc(O)c1. The summed E-state index contributed by atoms with van der Waals surface area (Å²) >= 11 is 6.34. The maximum atomic E-state index is 14.0. The second-order valence-electron chi connectivity index (χ2n) is 10.2. The van der Waals surface area contributed by atoms with Gasteiger partial charge in [-0.05, 0) is 63.4 Å². The number of rotatable bonds is 11. The molecule has 0 saturated carbocycles. The number of hydrogen-bond donors (Lipinski definition) is 4. The third-order valence-corrected chi connectivity index (χ3v) is 5.96. The largest absolute Gasteiger partial charge is 0.508 e. The molecular formula is C28H37ClN4O6. The Morgan fingerprint density at radius 3 is 2.36 bits per heavy atom. The van der Waals surface area contributed by atoms with Crippen LogP contribution in [0.1, 0.15) is 64.1 Å². The van der Waals surface area contributed by atoms with E-state index in [4.69, 9.17) is 22.1 Å². The van der Waals surface area contributed by atoms with Gasteiger partial charge in [-0.2, -0.15) is 0 Å². The summed E-state index contributed by atoms with van der Waals surface area (Å²) in [6.07, 6.45) is -0.238. The van der Waals surface area contributed by atoms with Gasteiger partial charge in [-0.3, -0.25) is 14.4 Å². The van der Waals surface area contributed by atoms with Crippen molar-refractivity contribution < 1.29 is 29.0 Å². The molecular weight excluding hydrogens is 524 g/mol. The second-order valence-corrected chi connectivity index (χ2v) is 10.6. The van der Waals surface area contributed by atoms with Crippen LogP contribution in [0.5, 0.6) is 5.75 Å². The molecule has 0 bridgehead atoms. The Bertz CT molecular complexity index is 1180. The molecule has 212 valence electrons. The zero-order chi connectivity index (χ0) is 29.3. The van der Waals surface area contributed by atoms with Crippen molar-refractivity contribution >= 4 is 41.1 Å². The van der Waals surface area contributed by atoms with E-state index in [-0.39, 0.29) is 12.3 Å². The molecule has 0 radical (unpaired) electrons. The molecule has 2 unspecified atom stereocenters. The van der Waals surface area contributed by atoms with Crippen LogP contribution in [0.25, 0.3) is 0 Å². The number of alkyl carbamates (subject to hydrolysis) is 1. The number of carbonyl (C=O) groups is 4. The highest BCUT2D eigenvalue weighted by atomic mass is 35.5. The number of anilines is 1. The van der Waals surface area contributed by atoms with Crippen molar-refractivity contribution in [2.45, 2.75) is 71.6 Å². The third-order valence-electron chi connectivity index (χ3n) is 5.65. The molecule has 2 rings (SSSR count). The first kappa shape index (κ1) is 31.4. The molecule has 0 aliphatic carbocycles. The number of halogens is 1. The lowest BCUT2D eigenvalue weighted by molar-refractivity contribution is -0.142. The van der Waals surface area contributed by atoms with Gasteiger partial charge in [0.2, 0.25) is 11.8 Å². The molecule has 0 saturated heterocycles. The van der Waals surface area contributed by atoms with Gasteiger partial charge in [0.1, 0.15) is 23.4 Å². The number of phenolic OH excluding ortho intramolecular Hbond substituents is 1. The maximum Gasteiger partial charge on any atom is 0.408 e. The predicted molar refractivity (Wildman–Crippen MR) is 149 cm³/mol. The number of ether oxygens (including phenoxy) is 1. The Morgan fingerprint density at radius 1 is 1.13 bits per heavy atom. The van der Waals surface area contributed by atoms with E-state index < -0.39 is 47.9 Å². The molecule has 5 N–H and O–H groups in total. The molecule has 2 aromatic carbocycles. The number of unbranched alkanes of at least 4 members (excludes halogenated alkanes) is 1. The Balaban J connectivity index is 2.57. The summed E-state index contributed by atoms with van der Waals surface area (Å²) in [5.41, 5.74) is 5.94. The van der Waals surface area contributed by atoms with E-state index in [0.29, 0.717) is 34.7 Å². The minimum atomic E-state index is -1.40. The highest BCUT2D eigenvalue weighted by Gasteiger charge is 2.37. The molecule has 0 aliphatic rings. The van der Waals surface area contributed by atoms with Gasteiger partial charge in [-0.15, -0.1) is 0 Å². The summed E-state index contributed by atoms with van der Waals surface area (Å²) in [7, 11) is 0. The normalized spacial score (nSPS) is 12.7. The number of primary amides is 1. The molecule has 0 aliphatic heterocycles. The number of aromatic hydroxyl groups is 1. The lowest BCUT2D eigenvalue weighted by Gasteiger charge is -2.34. The average molecular weight is 561 g/mol. The summed E-state index contributed by atoms with van der Waals surface area (Å²) in [5, 5.41) is 15.7. The predicted octanol–water partition coefficient (Wildman–Crippen LogP) is 4.43. The molecule has 0 fully saturated rings. The highest BCUT2D eigenvalue weighted by molar-refractivity contribution is 6.34. The summed E-state index contributed by atoms with van der Waals surface area (Å²) in [4.78, 5) is 53.5. The van der Waals surface area contributed by atoms with Crippen LogP contribution in [0.4, 0.5) is 10.5 Å². The topological polar surface area (TPSA) is 151 Å². The van der Waals surface area contributed by atoms with Gasteiger partial charge in [-0.1, -0.05) is 49.2 Å². The second kappa shape index (κ2) is 13.8. The molecule has 0 aromatic heterocycles. The fourth-order valence-corrected chi connectivity index (χ4v) is 4.16. The number of aryl methyl sites for hydroxylation is 1. The monoisotopic (exact) mass is 560 g/mol. The number of nitrogens with one attached hydrogen (secondary N) is 2. The Labute approximate surface area is 233 Å². The van der Waals surface area contributed by atoms with Crippen LogP contribution in [0.15, 0.2) is 42.5 Å². The number of nitrogens with two attached hydrogens (primary N) is 1. The van der Waals surface area contributed by atoms with Crippen LogP contribution in [0.2, 0.25) is 5.02 Å². The fourth-order valence-electron chi connectivity index (χ4n) is 3.90. The molecule has 0 heterocycles. The molecule has 2 aromatic rings. The number of para-hydroxylation sites is 1. The van der Waals surface area contributed by atoms with Gasteiger partial charge in [0.15, 0.2) is 0 Å². The number of hydrogen-bond acceptors (Lipinski definition) is 6. The Morgan fingerprint density at radius 2 is 1.79 bits per heavy atom. The van der Waals surface area contributed by atoms with Crippen LogP contribution in [0, 0.1) is 6.92 Å². The minimum absolute atomic E-state index is 0.107. The quantitative estimate of drug-likeness (QED) is 0.319. The van der Waals surface area contributed by atoms with Crippen molar-refractivity contribution in [3.05, 3.63) is 58.6 Å². The molecule has 39 heavy (non-hydrogen) atoms. The van der Waals surface area contributed by atoms with Crippen molar-refractivity contribution in [1.29, 1.82) is 0 Å². The standard InChI is InChI=1S/C28H37ClN4O6/c1-6-7-14-33(26(37)21(16-22(30)35)31-27(38)39-28(3,4)5)24(18-11-9-12-19(34)15-18)25(36)32-23-17(2)10-8-13-20(23)29/h8-13,15,21,24,34H,6-7,14,16H2,1-5H3,(H2,30,35)(H,31,38)(H,32,36). The van der Waals surface area contributed by atoms with Crippen molar-refractivity contribution in [1.82, 2.24) is 10.2 Å². The zero-order valence-corrected chi connectivity index (χ0v) is 23.7. The lowest BCUT2D eigenvalue weighted by Crippen LogP contribution is -2.53. The molecule has 10 nitrogen and oxygen atoms in total. The zero-order valence-electron chi connectivity index (χ0n) is 22.9. The summed E-state index contributed by atoms with van der Waals surface area (Å²) in [6, 6.07) is 8.46. The van der Waals surface area contributed by atoms with Gasteiger partial charge >= 0.3 is 6.09 Å². The Hall–Kier alpha value is -3.79. The van der Waals surface area contributed by atoms with Crippen LogP contribution in [-0.2, 0) is 19.1 Å². The minimum Gasteiger partial charge on any atom is -0.508 e. The smallest absolute Gasteiger partial charge is 0.408 e. The summed E-state index contributed by atoms with van der Waals surface area (Å²) in [6.45, 7) is 8.77. The first-order chi connectivity index (χ1) is 18.2. The number of amides is 4. The highest BCUT2D eigenvalue weighted by Crippen LogP contribution is 2.30. The van der Waals surface area contributed by atoms with Gasteiger partial charge in [0.25, 0.3) is 5.91 Å². The van der Waals surface area contributed by atoms with E-state index in [1.165, 1.54) is 17.0 Å². The van der Waals surface area contributed by atoms with Crippen LogP contribution >= 0.6 is 11.6 Å². The Kier molecular flexibility index (Phi) is 11.2. The van der Waals surface area contributed by atoms with Gasteiger partial charge in [0, 0.05) is 6.54 Å². The van der Waals surface area contributed by atoms with E-state index >= 15 is 0 Å². The van der Waals surface area contributed by atoms with Crippen molar-refractivity contribution in [2.75, 3.05) is 11.9 Å². The lowest BCUT2D eigenvalue weighted by atomic mass is 10.0. The number of benzene rings is 2. The van der Waals surface area contributed by atoms with Gasteiger partial charge in [0.05, 0.1) is 17.1 Å². The molecule has 2 atom stereocenters. The van der Waals surface area contributed by atoms with Crippen molar-refractivity contribution in [3.63, 3.8) is 0 Å². The molecule has 0 spiro atoms. The molecule has 11 heteroatoms. The first-order valence-corrected chi connectivity index (χ1v) is 13.0. The van der Waals surface area contributed by atoms with Crippen molar-refractivity contribution in [3.8, 4) is 5.75 Å². The third kappa shape index (κ3) is 9.47. The summed E-state index contributed by atoms with van der Waals surface area (Å²) in [5.74, 6) is -2.25. The van der Waals surface area contributed by atoms with Gasteiger partial charge < -0.3 is 31.1 Å². The van der Waals surface area contributed by atoms with E-state index in [9.17, 15) is 24.3 Å².